The fourth-order valence-corrected chi connectivity index (χ4v) is 1.24. The van der Waals surface area contributed by atoms with E-state index >= 15 is 0 Å². The summed E-state index contributed by atoms with van der Waals surface area (Å²) >= 11 is 0. The highest BCUT2D eigenvalue weighted by atomic mass is 16.5. The second-order valence-corrected chi connectivity index (χ2v) is 3.02. The third-order valence-electron chi connectivity index (χ3n) is 1.88. The van der Waals surface area contributed by atoms with E-state index in [1.807, 2.05) is 6.92 Å². The van der Waals surface area contributed by atoms with Crippen molar-refractivity contribution in [1.29, 1.82) is 0 Å². The van der Waals surface area contributed by atoms with Crippen LogP contribution in [-0.4, -0.2) is 31.7 Å². The molecule has 0 saturated carbocycles. The van der Waals surface area contributed by atoms with Gasteiger partial charge >= 0.3 is 0 Å². The van der Waals surface area contributed by atoms with E-state index in [1.54, 1.807) is 0 Å². The van der Waals surface area contributed by atoms with Crippen LogP contribution in [0.3, 0.4) is 0 Å². The van der Waals surface area contributed by atoms with Crippen molar-refractivity contribution in [1.82, 2.24) is 0 Å². The van der Waals surface area contributed by atoms with Gasteiger partial charge in [-0.25, -0.2) is 0 Å². The molecule has 3 nitrogen and oxygen atoms in total. The largest absolute Gasteiger partial charge is 0.374 e. The standard InChI is InChI=1S/C9H16O3/c1-2-5-11-7-8(10)9-4-3-6-12-9/h9H,2-7H2,1H3. The maximum absolute atomic E-state index is 11.3. The molecule has 1 aliphatic rings. The van der Waals surface area contributed by atoms with Crippen LogP contribution in [0.25, 0.3) is 0 Å². The molecule has 1 fully saturated rings. The van der Waals surface area contributed by atoms with E-state index in [0.717, 1.165) is 25.9 Å². The van der Waals surface area contributed by atoms with Crippen molar-refractivity contribution in [2.45, 2.75) is 32.3 Å². The minimum Gasteiger partial charge on any atom is -0.374 e. The van der Waals surface area contributed by atoms with Crippen LogP contribution in [0.4, 0.5) is 0 Å². The molecule has 0 aliphatic carbocycles. The van der Waals surface area contributed by atoms with Gasteiger partial charge in [-0.1, -0.05) is 6.92 Å². The number of Topliss-reactive ketones (excluding diaryl/α,β-unsaturated/α-hetero) is 1. The molecule has 1 rings (SSSR count). The molecule has 0 radical (unpaired) electrons. The van der Waals surface area contributed by atoms with E-state index in [-0.39, 0.29) is 18.5 Å². The molecule has 0 bridgehead atoms. The lowest BCUT2D eigenvalue weighted by molar-refractivity contribution is -0.132. The van der Waals surface area contributed by atoms with E-state index in [4.69, 9.17) is 9.47 Å². The number of carbonyl (C=O) groups excluding carboxylic acids is 1. The highest BCUT2D eigenvalue weighted by Gasteiger charge is 2.22. The van der Waals surface area contributed by atoms with Gasteiger partial charge in [-0.2, -0.15) is 0 Å². The van der Waals surface area contributed by atoms with Crippen LogP contribution in [0.15, 0.2) is 0 Å². The van der Waals surface area contributed by atoms with E-state index in [2.05, 4.69) is 0 Å². The number of ether oxygens (including phenoxy) is 2. The van der Waals surface area contributed by atoms with Crippen molar-refractivity contribution in [3.63, 3.8) is 0 Å². The molecular formula is C9H16O3. The zero-order chi connectivity index (χ0) is 8.81. The summed E-state index contributed by atoms with van der Waals surface area (Å²) in [6.45, 7) is 3.64. The number of hydrogen-bond donors (Lipinski definition) is 0. The molecule has 0 aromatic carbocycles. The number of hydrogen-bond acceptors (Lipinski definition) is 3. The Morgan fingerprint density at radius 1 is 1.67 bits per heavy atom. The molecule has 1 saturated heterocycles. The fraction of sp³-hybridized carbons (Fsp3) is 0.889. The van der Waals surface area contributed by atoms with Gasteiger partial charge in [0.15, 0.2) is 5.78 Å². The Bertz CT molecular complexity index is 139. The third-order valence-corrected chi connectivity index (χ3v) is 1.88. The monoisotopic (exact) mass is 172 g/mol. The minimum atomic E-state index is -0.179. The van der Waals surface area contributed by atoms with Crippen molar-refractivity contribution >= 4 is 5.78 Å². The summed E-state index contributed by atoms with van der Waals surface area (Å²) < 4.78 is 10.3. The Morgan fingerprint density at radius 3 is 3.08 bits per heavy atom. The van der Waals surface area contributed by atoms with Gasteiger partial charge in [0.1, 0.15) is 12.7 Å². The summed E-state index contributed by atoms with van der Waals surface area (Å²) in [4.78, 5) is 11.3. The van der Waals surface area contributed by atoms with E-state index in [1.165, 1.54) is 0 Å². The average Bonchev–Trinajstić information content (AvgIpc) is 2.56. The second kappa shape index (κ2) is 5.27. The van der Waals surface area contributed by atoms with E-state index in [0.29, 0.717) is 6.61 Å². The molecule has 70 valence electrons. The van der Waals surface area contributed by atoms with Crippen molar-refractivity contribution < 1.29 is 14.3 Å². The van der Waals surface area contributed by atoms with Gasteiger partial charge in [-0.3, -0.25) is 4.79 Å². The third kappa shape index (κ3) is 2.91. The van der Waals surface area contributed by atoms with Crippen LogP contribution in [0.5, 0.6) is 0 Å². The van der Waals surface area contributed by atoms with Crippen molar-refractivity contribution in [3.8, 4) is 0 Å². The number of carbonyl (C=O) groups is 1. The SMILES string of the molecule is CCCOCC(=O)C1CCCO1. The lowest BCUT2D eigenvalue weighted by Gasteiger charge is -2.07. The van der Waals surface area contributed by atoms with Gasteiger partial charge in [0.2, 0.25) is 0 Å². The highest BCUT2D eigenvalue weighted by Crippen LogP contribution is 2.12. The Morgan fingerprint density at radius 2 is 2.50 bits per heavy atom. The molecule has 1 unspecified atom stereocenters. The first-order valence-corrected chi connectivity index (χ1v) is 4.56. The van der Waals surface area contributed by atoms with E-state index < -0.39 is 0 Å². The maximum Gasteiger partial charge on any atom is 0.187 e. The smallest absolute Gasteiger partial charge is 0.187 e. The molecule has 0 spiro atoms. The quantitative estimate of drug-likeness (QED) is 0.584. The minimum absolute atomic E-state index is 0.0981. The summed E-state index contributed by atoms with van der Waals surface area (Å²) in [6, 6.07) is 0. The van der Waals surface area contributed by atoms with Crippen LogP contribution >= 0.6 is 0 Å². The maximum atomic E-state index is 11.3. The normalized spacial score (nSPS) is 22.9. The van der Waals surface area contributed by atoms with Crippen LogP contribution < -0.4 is 0 Å². The highest BCUT2D eigenvalue weighted by molar-refractivity contribution is 5.84. The van der Waals surface area contributed by atoms with Gasteiger partial charge in [-0.05, 0) is 19.3 Å². The van der Waals surface area contributed by atoms with Crippen molar-refractivity contribution in [2.24, 2.45) is 0 Å². The van der Waals surface area contributed by atoms with Gasteiger partial charge in [0, 0.05) is 13.2 Å². The molecular weight excluding hydrogens is 156 g/mol. The summed E-state index contributed by atoms with van der Waals surface area (Å²) in [6.07, 6.45) is 2.65. The van der Waals surface area contributed by atoms with Gasteiger partial charge in [-0.15, -0.1) is 0 Å². The first-order chi connectivity index (χ1) is 5.84. The topological polar surface area (TPSA) is 35.5 Å². The molecule has 1 aliphatic heterocycles. The first-order valence-electron chi connectivity index (χ1n) is 4.56. The predicted octanol–water partition coefficient (Wildman–Crippen LogP) is 1.16. The Kier molecular flexibility index (Phi) is 4.25. The summed E-state index contributed by atoms with van der Waals surface area (Å²) in [5.41, 5.74) is 0. The molecule has 0 aromatic heterocycles. The average molecular weight is 172 g/mol. The van der Waals surface area contributed by atoms with Crippen molar-refractivity contribution in [2.75, 3.05) is 19.8 Å². The van der Waals surface area contributed by atoms with Gasteiger partial charge < -0.3 is 9.47 Å². The lowest BCUT2D eigenvalue weighted by Crippen LogP contribution is -2.24. The molecule has 12 heavy (non-hydrogen) atoms. The van der Waals surface area contributed by atoms with Gasteiger partial charge in [0.05, 0.1) is 0 Å². The van der Waals surface area contributed by atoms with E-state index in [9.17, 15) is 4.79 Å². The molecule has 0 aromatic rings. The van der Waals surface area contributed by atoms with Crippen LogP contribution in [0, 0.1) is 0 Å². The summed E-state index contributed by atoms with van der Waals surface area (Å²) in [7, 11) is 0. The zero-order valence-electron chi connectivity index (χ0n) is 7.54. The molecule has 0 N–H and O–H groups in total. The Labute approximate surface area is 73.0 Å². The fourth-order valence-electron chi connectivity index (χ4n) is 1.24. The second-order valence-electron chi connectivity index (χ2n) is 3.02. The number of rotatable bonds is 5. The molecule has 3 heteroatoms. The van der Waals surface area contributed by atoms with Gasteiger partial charge in [0.25, 0.3) is 0 Å². The molecule has 1 heterocycles. The molecule has 0 amide bonds. The Balaban J connectivity index is 2.10. The first kappa shape index (κ1) is 9.68. The van der Waals surface area contributed by atoms with Crippen LogP contribution in [0.1, 0.15) is 26.2 Å². The summed E-state index contributed by atoms with van der Waals surface area (Å²) in [5, 5.41) is 0. The number of ketones is 1. The molecule has 1 atom stereocenters. The Hall–Kier alpha value is -0.410. The summed E-state index contributed by atoms with van der Waals surface area (Å²) in [5.74, 6) is 0.0981. The zero-order valence-corrected chi connectivity index (χ0v) is 7.54. The van der Waals surface area contributed by atoms with Crippen LogP contribution in [0.2, 0.25) is 0 Å². The lowest BCUT2D eigenvalue weighted by atomic mass is 10.2. The predicted molar refractivity (Wildman–Crippen MR) is 45.1 cm³/mol. The van der Waals surface area contributed by atoms with Crippen LogP contribution in [-0.2, 0) is 14.3 Å². The van der Waals surface area contributed by atoms with Crippen molar-refractivity contribution in [3.05, 3.63) is 0 Å².